The van der Waals surface area contributed by atoms with Crippen molar-refractivity contribution in [1.29, 1.82) is 0 Å². The van der Waals surface area contributed by atoms with Gasteiger partial charge in [0.15, 0.2) is 0 Å². The third-order valence-electron chi connectivity index (χ3n) is 3.41. The summed E-state index contributed by atoms with van der Waals surface area (Å²) in [5.41, 5.74) is 0. The molecule has 0 bridgehead atoms. The van der Waals surface area contributed by atoms with Crippen molar-refractivity contribution in [2.75, 3.05) is 19.6 Å². The normalized spacial score (nSPS) is 23.9. The molecule has 1 saturated heterocycles. The molecular weight excluding hydrogens is 204 g/mol. The molecule has 16 heavy (non-hydrogen) atoms. The Morgan fingerprint density at radius 2 is 2.25 bits per heavy atom. The van der Waals surface area contributed by atoms with Gasteiger partial charge in [0.25, 0.3) is 0 Å². The van der Waals surface area contributed by atoms with Crippen molar-refractivity contribution in [3.05, 3.63) is 0 Å². The molecule has 1 heterocycles. The summed E-state index contributed by atoms with van der Waals surface area (Å²) in [5.74, 6) is -0.128. The lowest BCUT2D eigenvalue weighted by Gasteiger charge is -2.21. The van der Waals surface area contributed by atoms with Crippen LogP contribution in [0.3, 0.4) is 0 Å². The maximum Gasteiger partial charge on any atom is 0.320 e. The first-order chi connectivity index (χ1) is 7.54. The summed E-state index contributed by atoms with van der Waals surface area (Å²) in [6.45, 7) is 9.40. The highest BCUT2D eigenvalue weighted by Crippen LogP contribution is 2.17. The van der Waals surface area contributed by atoms with Crippen molar-refractivity contribution < 1.29 is 9.90 Å². The fraction of sp³-hybridized carbons (Fsp3) is 0.917. The molecule has 0 aromatic carbocycles. The second kappa shape index (κ2) is 6.21. The summed E-state index contributed by atoms with van der Waals surface area (Å²) < 4.78 is 0. The molecule has 0 amide bonds. The number of nitrogens with one attached hydrogen (secondary N) is 1. The first-order valence-electron chi connectivity index (χ1n) is 6.24. The van der Waals surface area contributed by atoms with E-state index < -0.39 is 5.97 Å². The molecule has 1 aliphatic rings. The Hall–Kier alpha value is -0.610. The lowest BCUT2D eigenvalue weighted by molar-refractivity contribution is -0.139. The quantitative estimate of drug-likeness (QED) is 0.716. The van der Waals surface area contributed by atoms with Crippen molar-refractivity contribution in [3.63, 3.8) is 0 Å². The number of hydrogen-bond acceptors (Lipinski definition) is 3. The predicted octanol–water partition coefficient (Wildman–Crippen LogP) is 1.17. The second-order valence-corrected chi connectivity index (χ2v) is 4.95. The zero-order chi connectivity index (χ0) is 12.1. The highest BCUT2D eigenvalue weighted by molar-refractivity contribution is 5.73. The van der Waals surface area contributed by atoms with E-state index in [9.17, 15) is 4.79 Å². The average Bonchev–Trinajstić information content (AvgIpc) is 2.67. The van der Waals surface area contributed by atoms with Gasteiger partial charge >= 0.3 is 5.97 Å². The van der Waals surface area contributed by atoms with Crippen molar-refractivity contribution >= 4 is 5.97 Å². The van der Waals surface area contributed by atoms with Crippen LogP contribution in [0.5, 0.6) is 0 Å². The number of rotatable bonds is 6. The standard InChI is InChI=1S/C12H24N2O2/c1-4-11(12(15)16)13-7-10-5-6-14(8-10)9(2)3/h9-11,13H,4-8H2,1-3H3,(H,15,16). The van der Waals surface area contributed by atoms with Gasteiger partial charge in [-0.25, -0.2) is 0 Å². The van der Waals surface area contributed by atoms with Gasteiger partial charge in [-0.1, -0.05) is 6.92 Å². The number of carboxylic acid groups (broad SMARTS) is 1. The molecule has 0 spiro atoms. The molecule has 2 atom stereocenters. The van der Waals surface area contributed by atoms with E-state index in [1.165, 1.54) is 6.42 Å². The van der Waals surface area contributed by atoms with E-state index in [1.54, 1.807) is 0 Å². The van der Waals surface area contributed by atoms with Gasteiger partial charge in [0.1, 0.15) is 6.04 Å². The van der Waals surface area contributed by atoms with Crippen LogP contribution in [0.1, 0.15) is 33.6 Å². The minimum absolute atomic E-state index is 0.381. The van der Waals surface area contributed by atoms with Gasteiger partial charge in [-0.15, -0.1) is 0 Å². The Morgan fingerprint density at radius 1 is 1.56 bits per heavy atom. The predicted molar refractivity (Wildman–Crippen MR) is 64.5 cm³/mol. The van der Waals surface area contributed by atoms with Crippen molar-refractivity contribution in [1.82, 2.24) is 10.2 Å². The molecule has 94 valence electrons. The van der Waals surface area contributed by atoms with E-state index >= 15 is 0 Å². The molecule has 4 heteroatoms. The topological polar surface area (TPSA) is 52.6 Å². The van der Waals surface area contributed by atoms with Crippen LogP contribution in [0, 0.1) is 5.92 Å². The molecule has 1 aliphatic heterocycles. The minimum Gasteiger partial charge on any atom is -0.480 e. The van der Waals surface area contributed by atoms with Crippen molar-refractivity contribution in [2.24, 2.45) is 5.92 Å². The molecule has 4 nitrogen and oxygen atoms in total. The van der Waals surface area contributed by atoms with Crippen LogP contribution < -0.4 is 5.32 Å². The Labute approximate surface area is 98.0 Å². The fourth-order valence-corrected chi connectivity index (χ4v) is 2.21. The zero-order valence-corrected chi connectivity index (χ0v) is 10.6. The number of carbonyl (C=O) groups is 1. The molecular formula is C12H24N2O2. The maximum atomic E-state index is 10.8. The Balaban J connectivity index is 2.26. The van der Waals surface area contributed by atoms with Gasteiger partial charge in [-0.2, -0.15) is 0 Å². The Kier molecular flexibility index (Phi) is 5.22. The van der Waals surface area contributed by atoms with E-state index in [2.05, 4.69) is 24.1 Å². The summed E-state index contributed by atoms with van der Waals surface area (Å²) in [4.78, 5) is 13.3. The van der Waals surface area contributed by atoms with Crippen LogP contribution in [0.15, 0.2) is 0 Å². The summed E-state index contributed by atoms with van der Waals surface area (Å²) >= 11 is 0. The van der Waals surface area contributed by atoms with Gasteiger partial charge in [-0.3, -0.25) is 4.79 Å². The number of likely N-dealkylation sites (tertiary alicyclic amines) is 1. The highest BCUT2D eigenvalue weighted by atomic mass is 16.4. The summed E-state index contributed by atoms with van der Waals surface area (Å²) in [7, 11) is 0. The molecule has 2 N–H and O–H groups in total. The van der Waals surface area contributed by atoms with Crippen LogP contribution in [0.25, 0.3) is 0 Å². The zero-order valence-electron chi connectivity index (χ0n) is 10.6. The van der Waals surface area contributed by atoms with Gasteiger partial charge in [0.2, 0.25) is 0 Å². The molecule has 1 rings (SSSR count). The monoisotopic (exact) mass is 228 g/mol. The summed E-state index contributed by atoms with van der Waals surface area (Å²) in [5, 5.41) is 12.1. The van der Waals surface area contributed by atoms with Crippen LogP contribution in [0.4, 0.5) is 0 Å². The van der Waals surface area contributed by atoms with Gasteiger partial charge in [0, 0.05) is 19.1 Å². The SMILES string of the molecule is CCC(NCC1CCN(C(C)C)C1)C(=O)O. The number of nitrogens with zero attached hydrogens (tertiary/aromatic N) is 1. The summed E-state index contributed by atoms with van der Waals surface area (Å²) in [6, 6.07) is 0.222. The fourth-order valence-electron chi connectivity index (χ4n) is 2.21. The van der Waals surface area contributed by atoms with Crippen LogP contribution in [-0.4, -0.2) is 47.7 Å². The van der Waals surface area contributed by atoms with Crippen LogP contribution >= 0.6 is 0 Å². The molecule has 0 aliphatic carbocycles. The van der Waals surface area contributed by atoms with Crippen LogP contribution in [-0.2, 0) is 4.79 Å². The molecule has 0 aromatic rings. The minimum atomic E-state index is -0.735. The molecule has 2 unspecified atom stereocenters. The van der Waals surface area contributed by atoms with Crippen molar-refractivity contribution in [3.8, 4) is 0 Å². The first-order valence-corrected chi connectivity index (χ1v) is 6.24. The molecule has 0 aromatic heterocycles. The maximum absolute atomic E-state index is 10.8. The number of hydrogen-bond donors (Lipinski definition) is 2. The Bertz CT molecular complexity index is 231. The lowest BCUT2D eigenvalue weighted by Crippen LogP contribution is -2.39. The number of carboxylic acids is 1. The van der Waals surface area contributed by atoms with Crippen molar-refractivity contribution in [2.45, 2.75) is 45.7 Å². The number of aliphatic carboxylic acids is 1. The molecule has 0 radical (unpaired) electrons. The van der Waals surface area contributed by atoms with E-state index in [-0.39, 0.29) is 6.04 Å². The summed E-state index contributed by atoms with van der Waals surface area (Å²) in [6.07, 6.45) is 1.83. The molecule has 0 saturated carbocycles. The first kappa shape index (κ1) is 13.5. The van der Waals surface area contributed by atoms with Gasteiger partial charge < -0.3 is 15.3 Å². The molecule has 1 fully saturated rings. The lowest BCUT2D eigenvalue weighted by atomic mass is 10.1. The smallest absolute Gasteiger partial charge is 0.320 e. The van der Waals surface area contributed by atoms with E-state index in [0.29, 0.717) is 18.4 Å². The average molecular weight is 228 g/mol. The third kappa shape index (κ3) is 3.76. The Morgan fingerprint density at radius 3 is 2.69 bits per heavy atom. The van der Waals surface area contributed by atoms with Gasteiger partial charge in [0.05, 0.1) is 0 Å². The van der Waals surface area contributed by atoms with E-state index in [4.69, 9.17) is 5.11 Å². The largest absolute Gasteiger partial charge is 0.480 e. The third-order valence-corrected chi connectivity index (χ3v) is 3.41. The van der Waals surface area contributed by atoms with Gasteiger partial charge in [-0.05, 0) is 39.2 Å². The van der Waals surface area contributed by atoms with E-state index in [1.807, 2.05) is 6.92 Å². The second-order valence-electron chi connectivity index (χ2n) is 4.95. The highest BCUT2D eigenvalue weighted by Gasteiger charge is 2.25. The van der Waals surface area contributed by atoms with E-state index in [0.717, 1.165) is 19.6 Å². The van der Waals surface area contributed by atoms with Crippen LogP contribution in [0.2, 0.25) is 0 Å².